The van der Waals surface area contributed by atoms with Gasteiger partial charge in [0.25, 0.3) is 0 Å². The number of carbonyl (C=O) groups is 2. The van der Waals surface area contributed by atoms with Crippen molar-refractivity contribution in [3.05, 3.63) is 57.6 Å². The fraction of sp³-hybridized carbons (Fsp3) is 0.176. The first kappa shape index (κ1) is 13.3. The summed E-state index contributed by atoms with van der Waals surface area (Å²) >= 11 is 3.43. The van der Waals surface area contributed by atoms with Gasteiger partial charge in [0.2, 0.25) is 0 Å². The molecule has 2 aromatic carbocycles. The maximum absolute atomic E-state index is 12.4. The molecule has 0 unspecified atom stereocenters. The molecule has 0 spiro atoms. The Bertz CT molecular complexity index is 772. The van der Waals surface area contributed by atoms with Gasteiger partial charge >= 0.3 is 0 Å². The lowest BCUT2D eigenvalue weighted by Gasteiger charge is -2.15. The third-order valence-electron chi connectivity index (χ3n) is 3.57. The van der Waals surface area contributed by atoms with E-state index in [1.807, 2.05) is 37.3 Å². The van der Waals surface area contributed by atoms with E-state index < -0.39 is 0 Å². The topological polar surface area (TPSA) is 34.1 Å². The van der Waals surface area contributed by atoms with Crippen LogP contribution in [0.1, 0.15) is 40.5 Å². The van der Waals surface area contributed by atoms with Gasteiger partial charge in [-0.15, -0.1) is 0 Å². The van der Waals surface area contributed by atoms with E-state index in [-0.39, 0.29) is 11.6 Å². The monoisotopic (exact) mass is 328 g/mol. The summed E-state index contributed by atoms with van der Waals surface area (Å²) in [6.07, 6.45) is 3.01. The SMILES string of the molecule is CCCC1=CC(=O)c2cc3ccc(Br)cc3cc2C1=O. The number of carbonyl (C=O) groups excluding carboxylic acids is 2. The molecule has 1 aliphatic carbocycles. The van der Waals surface area contributed by atoms with Gasteiger partial charge in [-0.1, -0.05) is 35.3 Å². The van der Waals surface area contributed by atoms with Gasteiger partial charge in [0.1, 0.15) is 0 Å². The van der Waals surface area contributed by atoms with Gasteiger partial charge < -0.3 is 0 Å². The minimum atomic E-state index is -0.0622. The zero-order valence-electron chi connectivity index (χ0n) is 11.1. The largest absolute Gasteiger partial charge is 0.289 e. The number of benzene rings is 2. The van der Waals surface area contributed by atoms with E-state index in [0.29, 0.717) is 23.1 Å². The molecule has 1 aliphatic rings. The minimum absolute atomic E-state index is 0.0108. The van der Waals surface area contributed by atoms with Crippen LogP contribution >= 0.6 is 15.9 Å². The molecule has 2 aromatic rings. The molecule has 3 heteroatoms. The van der Waals surface area contributed by atoms with Crippen molar-refractivity contribution in [3.8, 4) is 0 Å². The second-order valence-electron chi connectivity index (χ2n) is 5.00. The van der Waals surface area contributed by atoms with Crippen LogP contribution in [0, 0.1) is 0 Å². The molecule has 0 bridgehead atoms. The molecule has 0 N–H and O–H groups in total. The molecule has 0 heterocycles. The summed E-state index contributed by atoms with van der Waals surface area (Å²) in [6.45, 7) is 2.01. The van der Waals surface area contributed by atoms with Gasteiger partial charge in [0.15, 0.2) is 11.6 Å². The Morgan fingerprint density at radius 2 is 1.75 bits per heavy atom. The molecule has 0 radical (unpaired) electrons. The average Bonchev–Trinajstić information content (AvgIpc) is 2.43. The summed E-state index contributed by atoms with van der Waals surface area (Å²) < 4.78 is 0.962. The Labute approximate surface area is 125 Å². The first-order valence-electron chi connectivity index (χ1n) is 6.63. The molecule has 0 amide bonds. The Morgan fingerprint density at radius 3 is 2.50 bits per heavy atom. The standard InChI is InChI=1S/C17H13BrO2/c1-2-3-11-9-16(19)14-7-10-4-5-13(18)6-12(10)8-15(14)17(11)20/h4-9H,2-3H2,1H3. The number of hydrogen-bond donors (Lipinski definition) is 0. The van der Waals surface area contributed by atoms with Crippen LogP contribution in [0.25, 0.3) is 10.8 Å². The predicted molar refractivity (Wildman–Crippen MR) is 83.3 cm³/mol. The Balaban J connectivity index is 2.22. The van der Waals surface area contributed by atoms with Gasteiger partial charge in [-0.05, 0) is 47.5 Å². The zero-order valence-corrected chi connectivity index (χ0v) is 12.7. The smallest absolute Gasteiger partial charge is 0.189 e. The predicted octanol–water partition coefficient (Wildman–Crippen LogP) is 4.71. The quantitative estimate of drug-likeness (QED) is 0.800. The second-order valence-corrected chi connectivity index (χ2v) is 5.92. The lowest BCUT2D eigenvalue weighted by Crippen LogP contribution is -2.17. The van der Waals surface area contributed by atoms with Crippen LogP contribution in [0.4, 0.5) is 0 Å². The number of hydrogen-bond acceptors (Lipinski definition) is 2. The van der Waals surface area contributed by atoms with Crippen LogP contribution in [0.5, 0.6) is 0 Å². The summed E-state index contributed by atoms with van der Waals surface area (Å²) in [5.74, 6) is -0.0730. The number of ketones is 2. The van der Waals surface area contributed by atoms with Crippen molar-refractivity contribution in [2.75, 3.05) is 0 Å². The second kappa shape index (κ2) is 4.98. The molecule has 0 saturated heterocycles. The Kier molecular flexibility index (Phi) is 3.30. The molecule has 20 heavy (non-hydrogen) atoms. The van der Waals surface area contributed by atoms with Crippen LogP contribution in [-0.2, 0) is 0 Å². The van der Waals surface area contributed by atoms with Gasteiger partial charge in [-0.25, -0.2) is 0 Å². The minimum Gasteiger partial charge on any atom is -0.289 e. The molecular formula is C17H13BrO2. The maximum atomic E-state index is 12.4. The van der Waals surface area contributed by atoms with Crippen LogP contribution in [-0.4, -0.2) is 11.6 Å². The maximum Gasteiger partial charge on any atom is 0.189 e. The van der Waals surface area contributed by atoms with Crippen molar-refractivity contribution in [2.45, 2.75) is 19.8 Å². The van der Waals surface area contributed by atoms with Crippen molar-refractivity contribution in [2.24, 2.45) is 0 Å². The fourth-order valence-electron chi connectivity index (χ4n) is 2.59. The molecule has 0 fully saturated rings. The van der Waals surface area contributed by atoms with E-state index in [0.717, 1.165) is 21.7 Å². The molecule has 100 valence electrons. The molecule has 2 nitrogen and oxygen atoms in total. The molecule has 3 rings (SSSR count). The van der Waals surface area contributed by atoms with E-state index in [9.17, 15) is 9.59 Å². The number of fused-ring (bicyclic) bond motifs is 2. The highest BCUT2D eigenvalue weighted by Crippen LogP contribution is 2.29. The van der Waals surface area contributed by atoms with Crippen molar-refractivity contribution >= 4 is 38.3 Å². The van der Waals surface area contributed by atoms with Crippen molar-refractivity contribution in [3.63, 3.8) is 0 Å². The van der Waals surface area contributed by atoms with E-state index in [2.05, 4.69) is 15.9 Å². The van der Waals surface area contributed by atoms with E-state index >= 15 is 0 Å². The van der Waals surface area contributed by atoms with E-state index in [1.54, 1.807) is 0 Å². The number of halogens is 1. The highest BCUT2D eigenvalue weighted by atomic mass is 79.9. The fourth-order valence-corrected chi connectivity index (χ4v) is 2.97. The number of Topliss-reactive ketones (excluding diaryl/α,β-unsaturated/α-hetero) is 1. The lowest BCUT2D eigenvalue weighted by atomic mass is 9.86. The zero-order chi connectivity index (χ0) is 14.3. The highest BCUT2D eigenvalue weighted by molar-refractivity contribution is 9.10. The molecular weight excluding hydrogens is 316 g/mol. The lowest BCUT2D eigenvalue weighted by molar-refractivity contribution is 0.0981. The van der Waals surface area contributed by atoms with Crippen molar-refractivity contribution in [1.29, 1.82) is 0 Å². The summed E-state index contributed by atoms with van der Waals surface area (Å²) in [7, 11) is 0. The van der Waals surface area contributed by atoms with Crippen molar-refractivity contribution in [1.82, 2.24) is 0 Å². The third kappa shape index (κ3) is 2.12. The normalized spacial score (nSPS) is 14.4. The molecule has 0 atom stereocenters. The molecule has 0 aromatic heterocycles. The third-order valence-corrected chi connectivity index (χ3v) is 4.06. The van der Waals surface area contributed by atoms with Crippen LogP contribution in [0.2, 0.25) is 0 Å². The molecule has 0 saturated carbocycles. The van der Waals surface area contributed by atoms with Crippen LogP contribution < -0.4 is 0 Å². The van der Waals surface area contributed by atoms with E-state index in [4.69, 9.17) is 0 Å². The average molecular weight is 329 g/mol. The van der Waals surface area contributed by atoms with Crippen molar-refractivity contribution < 1.29 is 9.59 Å². The molecule has 0 aliphatic heterocycles. The summed E-state index contributed by atoms with van der Waals surface area (Å²) in [5.41, 5.74) is 1.68. The summed E-state index contributed by atoms with van der Waals surface area (Å²) in [4.78, 5) is 24.6. The first-order chi connectivity index (χ1) is 9.60. The van der Waals surface area contributed by atoms with E-state index in [1.165, 1.54) is 6.08 Å². The van der Waals surface area contributed by atoms with Gasteiger partial charge in [-0.2, -0.15) is 0 Å². The first-order valence-corrected chi connectivity index (χ1v) is 7.42. The highest BCUT2D eigenvalue weighted by Gasteiger charge is 2.25. The van der Waals surface area contributed by atoms with Crippen LogP contribution in [0.3, 0.4) is 0 Å². The van der Waals surface area contributed by atoms with Gasteiger partial charge in [0.05, 0.1) is 0 Å². The van der Waals surface area contributed by atoms with Gasteiger partial charge in [-0.3, -0.25) is 9.59 Å². The number of rotatable bonds is 2. The summed E-state index contributed by atoms with van der Waals surface area (Å²) in [6, 6.07) is 9.49. The Hall–Kier alpha value is -1.74. The summed E-state index contributed by atoms with van der Waals surface area (Å²) in [5, 5.41) is 1.94. The van der Waals surface area contributed by atoms with Crippen LogP contribution in [0.15, 0.2) is 46.5 Å². The Morgan fingerprint density at radius 1 is 1.00 bits per heavy atom. The number of allylic oxidation sites excluding steroid dienone is 2. The van der Waals surface area contributed by atoms with Gasteiger partial charge in [0, 0.05) is 21.2 Å².